The van der Waals surface area contributed by atoms with Gasteiger partial charge in [0.1, 0.15) is 17.4 Å². The van der Waals surface area contributed by atoms with Crippen LogP contribution in [-0.2, 0) is 0 Å². The summed E-state index contributed by atoms with van der Waals surface area (Å²) in [5.41, 5.74) is 1.55. The van der Waals surface area contributed by atoms with Crippen molar-refractivity contribution in [3.05, 3.63) is 64.1 Å². The standard InChI is InChI=1S/C16H14Cl2N2O/c1-2-19-16(15-12(18)4-3-7-20-15)14-9-10-8-11(17)5-6-13(10)21-14/h3-9,16,19H,2H2,1H3. The van der Waals surface area contributed by atoms with Crippen molar-refractivity contribution in [2.24, 2.45) is 0 Å². The second-order valence-electron chi connectivity index (χ2n) is 4.69. The van der Waals surface area contributed by atoms with E-state index in [1.54, 1.807) is 6.20 Å². The van der Waals surface area contributed by atoms with Crippen LogP contribution < -0.4 is 5.32 Å². The van der Waals surface area contributed by atoms with Crippen LogP contribution in [0.4, 0.5) is 0 Å². The van der Waals surface area contributed by atoms with Gasteiger partial charge in [0.2, 0.25) is 0 Å². The van der Waals surface area contributed by atoms with Crippen molar-refractivity contribution in [2.45, 2.75) is 13.0 Å². The summed E-state index contributed by atoms with van der Waals surface area (Å²) in [7, 11) is 0. The molecule has 1 aromatic carbocycles. The Labute approximate surface area is 132 Å². The number of hydrogen-bond acceptors (Lipinski definition) is 3. The van der Waals surface area contributed by atoms with Crippen molar-refractivity contribution < 1.29 is 4.42 Å². The second kappa shape index (κ2) is 6.06. The first kappa shape index (κ1) is 14.4. The van der Waals surface area contributed by atoms with Gasteiger partial charge in [0.25, 0.3) is 0 Å². The lowest BCUT2D eigenvalue weighted by molar-refractivity contribution is 0.471. The third-order valence-corrected chi connectivity index (χ3v) is 3.81. The van der Waals surface area contributed by atoms with Gasteiger partial charge in [-0.2, -0.15) is 0 Å². The van der Waals surface area contributed by atoms with Crippen molar-refractivity contribution in [3.8, 4) is 0 Å². The Bertz CT molecular complexity index is 770. The SMILES string of the molecule is CCNC(c1cc2cc(Cl)ccc2o1)c1ncccc1Cl. The molecule has 3 rings (SSSR count). The van der Waals surface area contributed by atoms with E-state index in [1.165, 1.54) is 0 Å². The molecule has 0 spiro atoms. The maximum absolute atomic E-state index is 6.26. The molecular weight excluding hydrogens is 307 g/mol. The smallest absolute Gasteiger partial charge is 0.134 e. The summed E-state index contributed by atoms with van der Waals surface area (Å²) < 4.78 is 5.93. The molecular formula is C16H14Cl2N2O. The van der Waals surface area contributed by atoms with Crippen molar-refractivity contribution in [1.29, 1.82) is 0 Å². The number of nitrogens with zero attached hydrogens (tertiary/aromatic N) is 1. The zero-order valence-electron chi connectivity index (χ0n) is 11.4. The highest BCUT2D eigenvalue weighted by atomic mass is 35.5. The van der Waals surface area contributed by atoms with Crippen LogP contribution in [0, 0.1) is 0 Å². The summed E-state index contributed by atoms with van der Waals surface area (Å²) in [6.45, 7) is 2.80. The molecule has 1 N–H and O–H groups in total. The summed E-state index contributed by atoms with van der Waals surface area (Å²) in [6, 6.07) is 11.0. The maximum atomic E-state index is 6.26. The molecule has 3 nitrogen and oxygen atoms in total. The molecule has 0 amide bonds. The van der Waals surface area contributed by atoms with Crippen LogP contribution in [-0.4, -0.2) is 11.5 Å². The first-order valence-electron chi connectivity index (χ1n) is 6.72. The molecule has 3 aromatic rings. The van der Waals surface area contributed by atoms with Gasteiger partial charge in [0.05, 0.1) is 10.7 Å². The minimum absolute atomic E-state index is 0.185. The number of halogens is 2. The highest BCUT2D eigenvalue weighted by Crippen LogP contribution is 2.31. The second-order valence-corrected chi connectivity index (χ2v) is 5.54. The average molecular weight is 321 g/mol. The molecule has 1 atom stereocenters. The lowest BCUT2D eigenvalue weighted by atomic mass is 10.1. The Hall–Kier alpha value is -1.55. The van der Waals surface area contributed by atoms with Gasteiger partial charge < -0.3 is 9.73 Å². The molecule has 0 saturated heterocycles. The lowest BCUT2D eigenvalue weighted by Gasteiger charge is -2.15. The lowest BCUT2D eigenvalue weighted by Crippen LogP contribution is -2.22. The summed E-state index contributed by atoms with van der Waals surface area (Å²) in [5.74, 6) is 0.773. The van der Waals surface area contributed by atoms with Crippen LogP contribution in [0.15, 0.2) is 47.0 Å². The zero-order valence-corrected chi connectivity index (χ0v) is 12.9. The third kappa shape index (κ3) is 2.91. The van der Waals surface area contributed by atoms with Gasteiger partial charge in [-0.1, -0.05) is 30.1 Å². The Morgan fingerprint density at radius 2 is 2.10 bits per heavy atom. The predicted molar refractivity (Wildman–Crippen MR) is 86.0 cm³/mol. The molecule has 0 bridgehead atoms. The number of benzene rings is 1. The van der Waals surface area contributed by atoms with E-state index in [0.29, 0.717) is 10.0 Å². The average Bonchev–Trinajstić information content (AvgIpc) is 2.88. The van der Waals surface area contributed by atoms with Gasteiger partial charge >= 0.3 is 0 Å². The number of nitrogens with one attached hydrogen (secondary N) is 1. The molecule has 0 radical (unpaired) electrons. The Morgan fingerprint density at radius 1 is 1.24 bits per heavy atom. The van der Waals surface area contributed by atoms with E-state index < -0.39 is 0 Å². The van der Waals surface area contributed by atoms with Crippen molar-refractivity contribution in [3.63, 3.8) is 0 Å². The fourth-order valence-corrected chi connectivity index (χ4v) is 2.73. The maximum Gasteiger partial charge on any atom is 0.134 e. The van der Waals surface area contributed by atoms with Gasteiger partial charge in [-0.25, -0.2) is 0 Å². The monoisotopic (exact) mass is 320 g/mol. The third-order valence-electron chi connectivity index (χ3n) is 3.25. The molecule has 0 aliphatic heterocycles. The van der Waals surface area contributed by atoms with Crippen LogP contribution in [0.5, 0.6) is 0 Å². The topological polar surface area (TPSA) is 38.1 Å². The fourth-order valence-electron chi connectivity index (χ4n) is 2.32. The molecule has 108 valence electrons. The molecule has 0 aliphatic rings. The molecule has 0 saturated carbocycles. The summed E-state index contributed by atoms with van der Waals surface area (Å²) in [4.78, 5) is 4.38. The van der Waals surface area contributed by atoms with E-state index in [4.69, 9.17) is 27.6 Å². The van der Waals surface area contributed by atoms with Gasteiger partial charge in [-0.3, -0.25) is 4.98 Å². The van der Waals surface area contributed by atoms with Crippen LogP contribution in [0.2, 0.25) is 10.0 Å². The van der Waals surface area contributed by atoms with Gasteiger partial charge in [0.15, 0.2) is 0 Å². The van der Waals surface area contributed by atoms with Crippen LogP contribution in [0.1, 0.15) is 24.4 Å². The highest BCUT2D eigenvalue weighted by Gasteiger charge is 2.21. The van der Waals surface area contributed by atoms with Crippen molar-refractivity contribution >= 4 is 34.2 Å². The molecule has 0 aliphatic carbocycles. The number of furan rings is 1. The molecule has 2 aromatic heterocycles. The van der Waals surface area contributed by atoms with Gasteiger partial charge in [-0.05, 0) is 42.9 Å². The van der Waals surface area contributed by atoms with E-state index in [1.807, 2.05) is 43.3 Å². The largest absolute Gasteiger partial charge is 0.459 e. The molecule has 0 fully saturated rings. The van der Waals surface area contributed by atoms with Gasteiger partial charge in [0, 0.05) is 16.6 Å². The number of hydrogen-bond donors (Lipinski definition) is 1. The number of aromatic nitrogens is 1. The molecule has 1 unspecified atom stereocenters. The number of pyridine rings is 1. The minimum atomic E-state index is -0.185. The van der Waals surface area contributed by atoms with E-state index in [9.17, 15) is 0 Å². The normalized spacial score (nSPS) is 12.7. The first-order valence-corrected chi connectivity index (χ1v) is 7.47. The van der Waals surface area contributed by atoms with Crippen LogP contribution >= 0.6 is 23.2 Å². The predicted octanol–water partition coefficient (Wildman–Crippen LogP) is 4.83. The summed E-state index contributed by atoms with van der Waals surface area (Å²) >= 11 is 12.3. The minimum Gasteiger partial charge on any atom is -0.459 e. The van der Waals surface area contributed by atoms with Crippen molar-refractivity contribution in [1.82, 2.24) is 10.3 Å². The fraction of sp³-hybridized carbons (Fsp3) is 0.188. The molecule has 21 heavy (non-hydrogen) atoms. The van der Waals surface area contributed by atoms with E-state index in [0.717, 1.165) is 29.0 Å². The van der Waals surface area contributed by atoms with Crippen molar-refractivity contribution in [2.75, 3.05) is 6.54 Å². The van der Waals surface area contributed by atoms with Crippen LogP contribution in [0.3, 0.4) is 0 Å². The molecule has 2 heterocycles. The first-order chi connectivity index (χ1) is 10.2. The van der Waals surface area contributed by atoms with E-state index in [-0.39, 0.29) is 6.04 Å². The summed E-state index contributed by atoms with van der Waals surface area (Å²) in [6.07, 6.45) is 1.73. The Balaban J connectivity index is 2.09. The van der Waals surface area contributed by atoms with E-state index in [2.05, 4.69) is 10.3 Å². The van der Waals surface area contributed by atoms with Gasteiger partial charge in [-0.15, -0.1) is 0 Å². The Kier molecular flexibility index (Phi) is 4.15. The highest BCUT2D eigenvalue weighted by molar-refractivity contribution is 6.31. The zero-order chi connectivity index (χ0) is 14.8. The summed E-state index contributed by atoms with van der Waals surface area (Å²) in [5, 5.41) is 5.62. The van der Waals surface area contributed by atoms with E-state index >= 15 is 0 Å². The Morgan fingerprint density at radius 3 is 2.86 bits per heavy atom. The quantitative estimate of drug-likeness (QED) is 0.748. The number of rotatable bonds is 4. The number of fused-ring (bicyclic) bond motifs is 1. The van der Waals surface area contributed by atoms with Crippen LogP contribution in [0.25, 0.3) is 11.0 Å². The molecule has 5 heteroatoms.